The molecule has 0 saturated carbocycles. The first-order valence-electron chi connectivity index (χ1n) is 19.6. The molecule has 0 unspecified atom stereocenters. The third kappa shape index (κ3) is 10.3. The number of carbonyl (C=O) groups is 1. The number of aromatic nitrogens is 8. The predicted octanol–water partition coefficient (Wildman–Crippen LogP) is 7.79. The van der Waals surface area contributed by atoms with Crippen molar-refractivity contribution in [1.29, 1.82) is 10.5 Å². The van der Waals surface area contributed by atoms with Gasteiger partial charge in [-0.1, -0.05) is 38.8 Å². The minimum absolute atomic E-state index is 0. The Balaban J connectivity index is 0.000000277. The Kier molecular flexibility index (Phi) is 17.2. The van der Waals surface area contributed by atoms with Crippen molar-refractivity contribution >= 4 is 34.7 Å². The molecule has 21 nitrogen and oxygen atoms in total. The summed E-state index contributed by atoms with van der Waals surface area (Å²) in [5.41, 5.74) is -0.883. The largest absolute Gasteiger partial charge is 0.493 e. The monoisotopic (exact) mass is 906 g/mol. The number of ether oxygens (including phenoxy) is 1. The van der Waals surface area contributed by atoms with E-state index in [0.717, 1.165) is 22.0 Å². The summed E-state index contributed by atoms with van der Waals surface area (Å²) < 4.78 is 9.96. The minimum atomic E-state index is -0.649. The van der Waals surface area contributed by atoms with E-state index in [9.17, 15) is 35.1 Å². The molecule has 0 fully saturated rings. The van der Waals surface area contributed by atoms with Crippen molar-refractivity contribution in [2.45, 2.75) is 73.4 Å². The van der Waals surface area contributed by atoms with Crippen LogP contribution in [0, 0.1) is 43.1 Å². The second kappa shape index (κ2) is 22.6. The Morgan fingerprint density at radius 2 is 1.31 bits per heavy atom. The van der Waals surface area contributed by atoms with Crippen LogP contribution in [0.2, 0.25) is 0 Å². The fourth-order valence-corrected chi connectivity index (χ4v) is 5.94. The molecule has 0 spiro atoms. The molecule has 327 valence electrons. The summed E-state index contributed by atoms with van der Waals surface area (Å²) in [6.45, 7) is 16.6. The van der Waals surface area contributed by atoms with Crippen LogP contribution in [0.4, 0.5) is 28.7 Å². The third-order valence-electron chi connectivity index (χ3n) is 9.30. The number of nitriles is 2. The Hall–Kier alpha value is -8.12. The van der Waals surface area contributed by atoms with Gasteiger partial charge in [0.1, 0.15) is 34.5 Å². The average molecular weight is 907 g/mol. The number of carbonyl (C=O) groups excluding carboxylic acids is 1. The van der Waals surface area contributed by atoms with Crippen molar-refractivity contribution in [2.75, 3.05) is 6.61 Å². The second-order valence-electron chi connectivity index (χ2n) is 13.4. The zero-order chi connectivity index (χ0) is 45.6. The standard InChI is InChI=1S/C22H23N7O4.C20H18N8O2.Mn/c1-5-7-12-28-20(30)17(23-4)14(3)18(21(28)31)26-27-19-15(22(32)33-6-2)13-25-29(19)16-10-8-9-11-24-16;1-3-4-9-27-19(29)15(11-22)13(2)17(20(27)30)25-26-18-14(10-21)12-24-28(18)16-7-5-6-8-23-16;/h8-11,13,31H,5-7,12H2,1-3H3;5-8,12,30H,3-4,9H2,1-2H3;. The number of pyridine rings is 4. The van der Waals surface area contributed by atoms with Gasteiger partial charge >= 0.3 is 5.97 Å². The van der Waals surface area contributed by atoms with Crippen LogP contribution in [0.5, 0.6) is 11.8 Å². The van der Waals surface area contributed by atoms with E-state index in [1.165, 1.54) is 35.6 Å². The van der Waals surface area contributed by atoms with Gasteiger partial charge in [-0.2, -0.15) is 30.1 Å². The van der Waals surface area contributed by atoms with E-state index in [1.54, 1.807) is 55.7 Å². The summed E-state index contributed by atoms with van der Waals surface area (Å²) in [5, 5.41) is 65.0. The van der Waals surface area contributed by atoms with Crippen LogP contribution in [0.1, 0.15) is 79.1 Å². The molecule has 6 heterocycles. The van der Waals surface area contributed by atoms with Crippen molar-refractivity contribution in [3.8, 4) is 35.5 Å². The van der Waals surface area contributed by atoms with E-state index in [0.29, 0.717) is 24.5 Å². The van der Waals surface area contributed by atoms with Crippen LogP contribution >= 0.6 is 0 Å². The molecule has 64 heavy (non-hydrogen) atoms. The molecule has 0 atom stereocenters. The van der Waals surface area contributed by atoms with E-state index in [2.05, 4.69) is 45.5 Å². The molecule has 6 aromatic heterocycles. The zero-order valence-electron chi connectivity index (χ0n) is 35.3. The first kappa shape index (κ1) is 48.5. The summed E-state index contributed by atoms with van der Waals surface area (Å²) in [6.07, 6.45) is 8.61. The summed E-state index contributed by atoms with van der Waals surface area (Å²) in [4.78, 5) is 49.3. The van der Waals surface area contributed by atoms with Gasteiger partial charge < -0.3 is 14.9 Å². The SMILES string of the molecule is CCCCn1c(O)c(N=Nc2c(C#N)cnn2-c2ccccn2)c(C)c(C#N)c1=O.[C-]#[N+]c1c(C)c(N=Nc2c(C(=O)OCC)cnn2-c2ccccn2)c(O)n(CCCC)c1=O.[Mn]. The number of azo groups is 2. The van der Waals surface area contributed by atoms with Crippen molar-refractivity contribution in [1.82, 2.24) is 38.7 Å². The Labute approximate surface area is 376 Å². The number of hydrogen-bond donors (Lipinski definition) is 2. The molecule has 0 aliphatic carbocycles. The first-order chi connectivity index (χ1) is 30.5. The summed E-state index contributed by atoms with van der Waals surface area (Å²) in [7, 11) is 0. The van der Waals surface area contributed by atoms with Crippen LogP contribution < -0.4 is 11.1 Å². The van der Waals surface area contributed by atoms with E-state index >= 15 is 0 Å². The van der Waals surface area contributed by atoms with Gasteiger partial charge in [0.2, 0.25) is 11.8 Å². The van der Waals surface area contributed by atoms with Gasteiger partial charge in [0.05, 0.1) is 25.6 Å². The second-order valence-corrected chi connectivity index (χ2v) is 13.4. The van der Waals surface area contributed by atoms with Crippen LogP contribution in [0.15, 0.2) is 91.2 Å². The zero-order valence-corrected chi connectivity index (χ0v) is 36.5. The van der Waals surface area contributed by atoms with E-state index in [1.807, 2.05) is 26.0 Å². The van der Waals surface area contributed by atoms with Crippen molar-refractivity contribution in [3.63, 3.8) is 0 Å². The topological polar surface area (TPSA) is 274 Å². The maximum Gasteiger partial charge on any atom is 0.343 e. The van der Waals surface area contributed by atoms with Crippen molar-refractivity contribution < 1.29 is 36.8 Å². The minimum Gasteiger partial charge on any atom is -0.493 e. The van der Waals surface area contributed by atoms with Crippen LogP contribution in [0.25, 0.3) is 16.5 Å². The molecule has 0 amide bonds. The number of unbranched alkanes of at least 4 members (excludes halogenated alkanes) is 2. The molecule has 6 aromatic rings. The van der Waals surface area contributed by atoms with Crippen LogP contribution in [-0.2, 0) is 34.9 Å². The van der Waals surface area contributed by atoms with Crippen LogP contribution in [-0.4, -0.2) is 61.5 Å². The molecule has 0 saturated heterocycles. The molecule has 0 aliphatic heterocycles. The molecule has 0 aromatic carbocycles. The van der Waals surface area contributed by atoms with Gasteiger partial charge in [-0.05, 0) is 63.4 Å². The molecule has 0 bridgehead atoms. The molecule has 6 rings (SSSR count). The summed E-state index contributed by atoms with van der Waals surface area (Å²) in [5.74, 6) is -0.470. The average Bonchev–Trinajstić information content (AvgIpc) is 3.92. The molecule has 22 heteroatoms. The maximum absolute atomic E-state index is 12.6. The Morgan fingerprint density at radius 3 is 1.81 bits per heavy atom. The first-order valence-corrected chi connectivity index (χ1v) is 19.6. The fourth-order valence-electron chi connectivity index (χ4n) is 5.94. The molecular weight excluding hydrogens is 865 g/mol. The fraction of sp³-hybridized carbons (Fsp3) is 0.286. The van der Waals surface area contributed by atoms with E-state index in [-0.39, 0.29) is 99.2 Å². The number of rotatable bonds is 14. The number of hydrogen-bond acceptors (Lipinski definition) is 16. The van der Waals surface area contributed by atoms with Gasteiger partial charge in [0.15, 0.2) is 29.0 Å². The van der Waals surface area contributed by atoms with Gasteiger partial charge in [-0.3, -0.25) is 18.7 Å². The normalized spacial score (nSPS) is 10.7. The smallest absolute Gasteiger partial charge is 0.343 e. The molecule has 2 N–H and O–H groups in total. The molecular formula is C42H41MnN15O6. The number of nitrogens with zero attached hydrogens (tertiary/aromatic N) is 15. The summed E-state index contributed by atoms with van der Waals surface area (Å²) >= 11 is 0. The van der Waals surface area contributed by atoms with E-state index in [4.69, 9.17) is 11.3 Å². The Bertz CT molecular complexity index is 2940. The number of esters is 1. The predicted molar refractivity (Wildman–Crippen MR) is 227 cm³/mol. The van der Waals surface area contributed by atoms with Crippen molar-refractivity contribution in [3.05, 3.63) is 121 Å². The summed E-state index contributed by atoms with van der Waals surface area (Å²) in [6, 6.07) is 14.2. The van der Waals surface area contributed by atoms with Crippen molar-refractivity contribution in [2.24, 2.45) is 20.5 Å². The third-order valence-corrected chi connectivity index (χ3v) is 9.30. The number of aromatic hydroxyl groups is 2. The van der Waals surface area contributed by atoms with Gasteiger partial charge in [0.25, 0.3) is 16.8 Å². The van der Waals surface area contributed by atoms with Gasteiger partial charge in [-0.25, -0.2) is 19.6 Å². The van der Waals surface area contributed by atoms with Crippen LogP contribution in [0.3, 0.4) is 0 Å². The quantitative estimate of drug-likeness (QED) is 0.0459. The molecule has 0 aliphatic rings. The van der Waals surface area contributed by atoms with E-state index < -0.39 is 23.0 Å². The molecule has 1 radical (unpaired) electrons. The van der Waals surface area contributed by atoms with Gasteiger partial charge in [-0.15, -0.1) is 20.5 Å². The Morgan fingerprint density at radius 1 is 0.781 bits per heavy atom. The van der Waals surface area contributed by atoms with Gasteiger partial charge in [0, 0.05) is 48.1 Å². The maximum atomic E-state index is 12.6.